The fourth-order valence-corrected chi connectivity index (χ4v) is 3.51. The van der Waals surface area contributed by atoms with E-state index < -0.39 is 0 Å². The zero-order valence-electron chi connectivity index (χ0n) is 21.7. The number of nitrogens with zero attached hydrogens (tertiary/aromatic N) is 2. The predicted molar refractivity (Wildman–Crippen MR) is 141 cm³/mol. The smallest absolute Gasteiger partial charge is 0.255 e. The quantitative estimate of drug-likeness (QED) is 0.401. The second-order valence-electron chi connectivity index (χ2n) is 8.58. The fourth-order valence-electron chi connectivity index (χ4n) is 3.51. The van der Waals surface area contributed by atoms with Gasteiger partial charge < -0.3 is 16.4 Å². The third kappa shape index (κ3) is 9.53. The van der Waals surface area contributed by atoms with Crippen LogP contribution in [0.3, 0.4) is 0 Å². The third-order valence-electron chi connectivity index (χ3n) is 5.64. The van der Waals surface area contributed by atoms with Crippen molar-refractivity contribution in [1.29, 1.82) is 0 Å². The van der Waals surface area contributed by atoms with Gasteiger partial charge in [-0.15, -0.1) is 0 Å². The number of nitrogens with two attached hydrogens (primary N) is 1. The van der Waals surface area contributed by atoms with Crippen LogP contribution in [0.25, 0.3) is 0 Å². The van der Waals surface area contributed by atoms with Gasteiger partial charge in [-0.05, 0) is 60.7 Å². The van der Waals surface area contributed by atoms with Gasteiger partial charge in [-0.2, -0.15) is 0 Å². The number of benzene rings is 2. The first-order chi connectivity index (χ1) is 16.3. The van der Waals surface area contributed by atoms with Gasteiger partial charge in [0.15, 0.2) is 0 Å². The molecule has 1 aliphatic heterocycles. The van der Waals surface area contributed by atoms with E-state index in [0.717, 1.165) is 37.4 Å². The largest absolute Gasteiger partial charge is 0.376 e. The Bertz CT molecular complexity index is 856. The van der Waals surface area contributed by atoms with E-state index in [2.05, 4.69) is 98.5 Å². The van der Waals surface area contributed by atoms with Crippen LogP contribution in [0, 0.1) is 6.92 Å². The van der Waals surface area contributed by atoms with Crippen LogP contribution in [-0.4, -0.2) is 49.0 Å². The zero-order valence-corrected chi connectivity index (χ0v) is 21.7. The molecule has 0 radical (unpaired) electrons. The summed E-state index contributed by atoms with van der Waals surface area (Å²) in [6.45, 7) is 14.9. The van der Waals surface area contributed by atoms with Crippen LogP contribution in [0.1, 0.15) is 62.3 Å². The van der Waals surface area contributed by atoms with Gasteiger partial charge >= 0.3 is 0 Å². The van der Waals surface area contributed by atoms with Crippen LogP contribution < -0.4 is 16.4 Å². The molecule has 7 heteroatoms. The number of amides is 2. The Morgan fingerprint density at radius 2 is 1.74 bits per heavy atom. The molecule has 0 saturated heterocycles. The van der Waals surface area contributed by atoms with Crippen molar-refractivity contribution in [1.82, 2.24) is 15.3 Å². The molecule has 7 nitrogen and oxygen atoms in total. The van der Waals surface area contributed by atoms with Crippen LogP contribution in [0.5, 0.6) is 0 Å². The molecule has 3 rings (SSSR count). The molecule has 2 aromatic carbocycles. The molecule has 0 aromatic heterocycles. The molecular formula is C27H43N5O2. The molecule has 1 aliphatic rings. The van der Waals surface area contributed by atoms with Crippen molar-refractivity contribution in [2.75, 3.05) is 32.0 Å². The highest BCUT2D eigenvalue weighted by Crippen LogP contribution is 2.24. The van der Waals surface area contributed by atoms with Gasteiger partial charge in [-0.3, -0.25) is 14.6 Å². The van der Waals surface area contributed by atoms with Gasteiger partial charge in [-0.1, -0.05) is 64.1 Å². The average molecular weight is 470 g/mol. The first kappa shape index (κ1) is 29.1. The number of carbonyl (C=O) groups excluding carboxylic acids is 2. The van der Waals surface area contributed by atoms with Crippen molar-refractivity contribution in [3.63, 3.8) is 0 Å². The van der Waals surface area contributed by atoms with Gasteiger partial charge in [0.05, 0.1) is 6.54 Å². The summed E-state index contributed by atoms with van der Waals surface area (Å²) in [4.78, 5) is 21.2. The molecule has 2 amide bonds. The molecule has 0 spiro atoms. The van der Waals surface area contributed by atoms with E-state index in [0.29, 0.717) is 12.5 Å². The lowest BCUT2D eigenvalue weighted by Crippen LogP contribution is -2.43. The van der Waals surface area contributed by atoms with Gasteiger partial charge in [-0.25, -0.2) is 5.01 Å². The molecule has 2 aromatic rings. The number of nitrogens with one attached hydrogen (secondary N) is 2. The van der Waals surface area contributed by atoms with Gasteiger partial charge in [0, 0.05) is 25.8 Å². The van der Waals surface area contributed by atoms with Crippen LogP contribution in [0.4, 0.5) is 5.69 Å². The Morgan fingerprint density at radius 1 is 1.15 bits per heavy atom. The minimum Gasteiger partial charge on any atom is -0.376 e. The van der Waals surface area contributed by atoms with Crippen molar-refractivity contribution in [2.24, 2.45) is 5.73 Å². The summed E-state index contributed by atoms with van der Waals surface area (Å²) < 4.78 is 0. The number of carbonyl (C=O) groups is 2. The molecule has 4 N–H and O–H groups in total. The highest BCUT2D eigenvalue weighted by molar-refractivity contribution is 5.80. The number of anilines is 1. The second-order valence-corrected chi connectivity index (χ2v) is 8.58. The van der Waals surface area contributed by atoms with E-state index >= 15 is 0 Å². The van der Waals surface area contributed by atoms with E-state index in [1.165, 1.54) is 23.1 Å². The van der Waals surface area contributed by atoms with Crippen LogP contribution in [0.15, 0.2) is 42.5 Å². The lowest BCUT2D eigenvalue weighted by atomic mass is 10.0. The fraction of sp³-hybridized carbons (Fsp3) is 0.481. The minimum atomic E-state index is 0.0714. The summed E-state index contributed by atoms with van der Waals surface area (Å²) in [6, 6.07) is 14.8. The molecule has 0 atom stereocenters. The first-order valence-corrected chi connectivity index (χ1v) is 12.1. The van der Waals surface area contributed by atoms with Crippen LogP contribution in [0.2, 0.25) is 0 Å². The molecule has 188 valence electrons. The maximum atomic E-state index is 12.6. The molecule has 0 unspecified atom stereocenters. The number of rotatable bonds is 8. The van der Waals surface area contributed by atoms with Crippen molar-refractivity contribution < 1.29 is 9.59 Å². The van der Waals surface area contributed by atoms with E-state index in [1.807, 2.05) is 7.05 Å². The predicted octanol–water partition coefficient (Wildman–Crippen LogP) is 4.03. The summed E-state index contributed by atoms with van der Waals surface area (Å²) >= 11 is 0. The summed E-state index contributed by atoms with van der Waals surface area (Å²) in [6.07, 6.45) is 1.49. The Hall–Kier alpha value is -2.90. The Balaban J connectivity index is 0.000000551. The molecule has 0 saturated carbocycles. The highest BCUT2D eigenvalue weighted by atomic mass is 16.2. The number of aryl methyl sites for hydroxylation is 1. The van der Waals surface area contributed by atoms with E-state index in [9.17, 15) is 4.79 Å². The molecule has 0 aliphatic carbocycles. The van der Waals surface area contributed by atoms with Gasteiger partial charge in [0.25, 0.3) is 5.91 Å². The van der Waals surface area contributed by atoms with E-state index in [-0.39, 0.29) is 12.3 Å². The molecule has 0 bridgehead atoms. The van der Waals surface area contributed by atoms with Gasteiger partial charge in [0.2, 0.25) is 6.41 Å². The van der Waals surface area contributed by atoms with Crippen molar-refractivity contribution in [3.8, 4) is 0 Å². The maximum Gasteiger partial charge on any atom is 0.255 e. The highest BCUT2D eigenvalue weighted by Gasteiger charge is 2.24. The van der Waals surface area contributed by atoms with E-state index in [1.54, 1.807) is 5.01 Å². The van der Waals surface area contributed by atoms with Crippen LogP contribution in [-0.2, 0) is 22.7 Å². The topological polar surface area (TPSA) is 90.7 Å². The first-order valence-electron chi connectivity index (χ1n) is 12.1. The Labute approximate surface area is 205 Å². The van der Waals surface area contributed by atoms with E-state index in [4.69, 9.17) is 4.79 Å². The van der Waals surface area contributed by atoms with Crippen molar-refractivity contribution in [2.45, 2.75) is 60.0 Å². The van der Waals surface area contributed by atoms with Crippen molar-refractivity contribution >= 4 is 18.0 Å². The SMILES string of the molecule is CCCNCC.Cc1ccc(C(C)C)cc1NCC(=O)N(C)N1Cc2ccccc2C1.NC=O. The lowest BCUT2D eigenvalue weighted by molar-refractivity contribution is -0.144. The van der Waals surface area contributed by atoms with Gasteiger partial charge in [0.1, 0.15) is 0 Å². The molecular weight excluding hydrogens is 426 g/mol. The number of hydrogen-bond acceptors (Lipinski definition) is 5. The number of primary amides is 1. The standard InChI is InChI=1S/C21H27N3O.C5H13N.CH3NO/c1-15(2)17-10-9-16(3)20(11-17)22-12-21(25)23(4)24-13-18-7-5-6-8-19(18)14-24;1-3-5-6-4-2;2-1-3/h5-11,15,22H,12-14H2,1-4H3;6H,3-5H2,1-2H3;1H,(H2,2,3). The Morgan fingerprint density at radius 3 is 2.21 bits per heavy atom. The van der Waals surface area contributed by atoms with Crippen molar-refractivity contribution in [3.05, 3.63) is 64.7 Å². The summed E-state index contributed by atoms with van der Waals surface area (Å²) in [7, 11) is 1.85. The summed E-state index contributed by atoms with van der Waals surface area (Å²) in [5.41, 5.74) is 10.3. The lowest BCUT2D eigenvalue weighted by Gasteiger charge is -2.28. The maximum absolute atomic E-state index is 12.6. The summed E-state index contributed by atoms with van der Waals surface area (Å²) in [5.74, 6) is 0.546. The minimum absolute atomic E-state index is 0.0714. The normalized spacial score (nSPS) is 12.1. The molecule has 34 heavy (non-hydrogen) atoms. The van der Waals surface area contributed by atoms with Crippen LogP contribution >= 0.6 is 0 Å². The number of fused-ring (bicyclic) bond motifs is 1. The zero-order chi connectivity index (χ0) is 25.5. The summed E-state index contributed by atoms with van der Waals surface area (Å²) in [5, 5.41) is 10.3. The number of likely N-dealkylation sites (N-methyl/N-ethyl adjacent to an activating group) is 1. The number of hydrazine groups is 1. The molecule has 0 fully saturated rings. The number of hydrogen-bond donors (Lipinski definition) is 3. The molecule has 1 heterocycles. The Kier molecular flexibility index (Phi) is 13.6. The second kappa shape index (κ2) is 15.9. The average Bonchev–Trinajstić information content (AvgIpc) is 3.26. The monoisotopic (exact) mass is 469 g/mol. The third-order valence-corrected chi connectivity index (χ3v) is 5.64.